The molecule has 1 aliphatic heterocycles. The van der Waals surface area contributed by atoms with Crippen molar-refractivity contribution < 1.29 is 44.3 Å². The van der Waals surface area contributed by atoms with E-state index >= 15 is 8.78 Å². The zero-order chi connectivity index (χ0) is 39.3. The van der Waals surface area contributed by atoms with E-state index in [0.29, 0.717) is 27.7 Å². The van der Waals surface area contributed by atoms with Crippen LogP contribution in [0.3, 0.4) is 0 Å². The van der Waals surface area contributed by atoms with Gasteiger partial charge in [-0.25, -0.2) is 26.0 Å². The van der Waals surface area contributed by atoms with Crippen LogP contribution in [0.4, 0.5) is 37.8 Å². The molecule has 4 heterocycles. The van der Waals surface area contributed by atoms with Gasteiger partial charge in [0.1, 0.15) is 29.6 Å². The summed E-state index contributed by atoms with van der Waals surface area (Å²) < 4.78 is 116. The van der Waals surface area contributed by atoms with Gasteiger partial charge in [-0.2, -0.15) is 19.0 Å². The molecular formula is C35H29ClF6N8O4S. The maximum atomic E-state index is 15.4. The molecule has 2 amide bonds. The molecule has 12 nitrogen and oxygen atoms in total. The molecule has 3 aromatic heterocycles. The Hall–Kier alpha value is -5.17. The van der Waals surface area contributed by atoms with E-state index in [1.54, 1.807) is 12.1 Å². The second-order valence-electron chi connectivity index (χ2n) is 13.9. The third-order valence-corrected chi connectivity index (χ3v) is 10.9. The lowest BCUT2D eigenvalue weighted by Crippen LogP contribution is -2.35. The molecule has 288 valence electrons. The predicted molar refractivity (Wildman–Crippen MR) is 187 cm³/mol. The van der Waals surface area contributed by atoms with Gasteiger partial charge in [0.25, 0.3) is 12.3 Å². The zero-order valence-electron chi connectivity index (χ0n) is 28.7. The quantitative estimate of drug-likeness (QED) is 0.141. The Bertz CT molecular complexity index is 2560. The van der Waals surface area contributed by atoms with Crippen LogP contribution >= 0.6 is 11.6 Å². The number of carbonyl (C=O) groups is 2. The van der Waals surface area contributed by atoms with Crippen LogP contribution in [0.5, 0.6) is 0 Å². The summed E-state index contributed by atoms with van der Waals surface area (Å²) >= 11 is 6.58. The van der Waals surface area contributed by atoms with Gasteiger partial charge >= 0.3 is 0 Å². The molecule has 8 rings (SSSR count). The topological polar surface area (TPSA) is 153 Å². The Morgan fingerprint density at radius 1 is 1.07 bits per heavy atom. The fourth-order valence-electron chi connectivity index (χ4n) is 7.77. The Morgan fingerprint density at radius 2 is 1.80 bits per heavy atom. The SMILES string of the molecule is Cn1nc(NS(C)(=O)=O)c2c(Cl)ccc(-c3cc4c(nc3[C@H](Cc3cc(F)cc(F)c3)NC(=O)Cn3nc(C(F)F)c5c3C(F)(F)[C@@H]3C[C@H]53)CCC(=O)N4)c21. The van der Waals surface area contributed by atoms with Crippen molar-refractivity contribution in [2.45, 2.75) is 56.5 Å². The highest BCUT2D eigenvalue weighted by Crippen LogP contribution is 2.68. The Labute approximate surface area is 313 Å². The minimum atomic E-state index is -3.83. The first-order valence-corrected chi connectivity index (χ1v) is 19.1. The highest BCUT2D eigenvalue weighted by Gasteiger charge is 2.67. The van der Waals surface area contributed by atoms with E-state index in [4.69, 9.17) is 16.6 Å². The summed E-state index contributed by atoms with van der Waals surface area (Å²) in [7, 11) is -2.31. The third-order valence-electron chi connectivity index (χ3n) is 9.99. The predicted octanol–water partition coefficient (Wildman–Crippen LogP) is 6.27. The maximum Gasteiger partial charge on any atom is 0.293 e. The second kappa shape index (κ2) is 13.0. The normalized spacial score (nSPS) is 18.8. The van der Waals surface area contributed by atoms with E-state index in [0.717, 1.165) is 18.4 Å². The number of sulfonamides is 1. The van der Waals surface area contributed by atoms with E-state index in [2.05, 4.69) is 25.6 Å². The molecule has 2 aliphatic carbocycles. The minimum Gasteiger partial charge on any atom is -0.346 e. The summed E-state index contributed by atoms with van der Waals surface area (Å²) in [5.41, 5.74) is -0.0860. The van der Waals surface area contributed by atoms with Crippen molar-refractivity contribution in [2.24, 2.45) is 13.0 Å². The van der Waals surface area contributed by atoms with E-state index in [9.17, 15) is 35.6 Å². The fraction of sp³-hybridized carbons (Fsp3) is 0.343. The molecule has 3 N–H and O–H groups in total. The molecule has 20 heteroatoms. The van der Waals surface area contributed by atoms with Crippen LogP contribution in [-0.4, -0.2) is 51.0 Å². The van der Waals surface area contributed by atoms with Crippen LogP contribution < -0.4 is 15.4 Å². The van der Waals surface area contributed by atoms with Crippen LogP contribution in [0.2, 0.25) is 5.02 Å². The molecule has 0 bridgehead atoms. The minimum absolute atomic E-state index is 0.0253. The van der Waals surface area contributed by atoms with Gasteiger partial charge in [0.15, 0.2) is 5.82 Å². The number of aryl methyl sites for hydroxylation is 2. The van der Waals surface area contributed by atoms with Gasteiger partial charge in [-0.1, -0.05) is 17.7 Å². The molecule has 55 heavy (non-hydrogen) atoms. The van der Waals surface area contributed by atoms with E-state index in [-0.39, 0.29) is 75.7 Å². The first-order chi connectivity index (χ1) is 25.9. The molecule has 1 saturated carbocycles. The molecule has 3 aliphatic rings. The highest BCUT2D eigenvalue weighted by molar-refractivity contribution is 7.92. The largest absolute Gasteiger partial charge is 0.346 e. The lowest BCUT2D eigenvalue weighted by Gasteiger charge is -2.26. The Balaban J connectivity index is 1.28. The number of hydrogen-bond donors (Lipinski definition) is 3. The number of nitrogens with zero attached hydrogens (tertiary/aromatic N) is 5. The lowest BCUT2D eigenvalue weighted by molar-refractivity contribution is -0.123. The summed E-state index contributed by atoms with van der Waals surface area (Å²) in [6, 6.07) is 6.06. The number of alkyl halides is 4. The average molecular weight is 807 g/mol. The molecule has 2 aromatic carbocycles. The molecular weight excluding hydrogens is 778 g/mol. The number of benzene rings is 2. The molecule has 3 atom stereocenters. The first-order valence-electron chi connectivity index (χ1n) is 16.9. The first kappa shape index (κ1) is 36.8. The van der Waals surface area contributed by atoms with Gasteiger partial charge in [0.05, 0.1) is 45.3 Å². The number of rotatable bonds is 10. The monoisotopic (exact) mass is 806 g/mol. The van der Waals surface area contributed by atoms with E-state index < -0.39 is 75.7 Å². The van der Waals surface area contributed by atoms with Crippen molar-refractivity contribution in [3.05, 3.63) is 87.0 Å². The zero-order valence-corrected chi connectivity index (χ0v) is 30.3. The van der Waals surface area contributed by atoms with Crippen molar-refractivity contribution in [1.82, 2.24) is 29.9 Å². The van der Waals surface area contributed by atoms with Gasteiger partial charge < -0.3 is 10.6 Å². The van der Waals surface area contributed by atoms with Crippen molar-refractivity contribution in [3.63, 3.8) is 0 Å². The van der Waals surface area contributed by atoms with Crippen LogP contribution in [0.25, 0.3) is 22.0 Å². The van der Waals surface area contributed by atoms with Crippen LogP contribution in [0, 0.1) is 17.6 Å². The molecule has 0 saturated heterocycles. The van der Waals surface area contributed by atoms with Gasteiger partial charge in [0.2, 0.25) is 21.8 Å². The van der Waals surface area contributed by atoms with Crippen molar-refractivity contribution in [3.8, 4) is 11.1 Å². The molecule has 0 radical (unpaired) electrons. The summed E-state index contributed by atoms with van der Waals surface area (Å²) in [5.74, 6) is -8.66. The van der Waals surface area contributed by atoms with E-state index in [1.807, 2.05) is 0 Å². The van der Waals surface area contributed by atoms with E-state index in [1.165, 1.54) is 17.8 Å². The molecule has 0 spiro atoms. The highest BCUT2D eigenvalue weighted by atomic mass is 35.5. The number of pyridine rings is 1. The number of nitrogens with one attached hydrogen (secondary N) is 3. The number of aromatic nitrogens is 5. The number of fused-ring (bicyclic) bond motifs is 5. The van der Waals surface area contributed by atoms with Gasteiger partial charge in [-0.05, 0) is 48.6 Å². The summed E-state index contributed by atoms with van der Waals surface area (Å²) in [6.07, 6.45) is -2.29. The summed E-state index contributed by atoms with van der Waals surface area (Å²) in [4.78, 5) is 31.2. The lowest BCUT2D eigenvalue weighted by atomic mass is 9.92. The van der Waals surface area contributed by atoms with Crippen LogP contribution in [0.15, 0.2) is 36.4 Å². The number of amides is 2. The fourth-order valence-corrected chi connectivity index (χ4v) is 8.50. The standard InChI is InChI=1S/C35H29ClF6N8O4S/c1-49-31-17(3-4-21(36)28(31)34(47-49)48-55(2,53)54)18-12-23-22(5-6-25(51)43-23)45-29(18)24(9-14-7-15(37)10-16(38)8-14)44-26(52)13-50-32-27(30(46-50)33(39)40)19-11-20(19)35(32,41)42/h3-4,7-8,10,12,19-20,24,33H,5-6,9,11,13H2,1-2H3,(H,43,51)(H,44,52)(H,47,48)/t19-,20+,24-/m0/s1. The molecule has 5 aromatic rings. The van der Waals surface area contributed by atoms with Gasteiger partial charge in [-0.15, -0.1) is 0 Å². The number of anilines is 2. The van der Waals surface area contributed by atoms with Crippen LogP contribution in [0.1, 0.15) is 65.1 Å². The summed E-state index contributed by atoms with van der Waals surface area (Å²) in [6.45, 7) is -0.901. The third kappa shape index (κ3) is 6.55. The maximum absolute atomic E-state index is 15.4. The Kier molecular flexibility index (Phi) is 8.67. The van der Waals surface area contributed by atoms with Gasteiger partial charge in [-0.3, -0.25) is 28.7 Å². The average Bonchev–Trinajstić information content (AvgIpc) is 3.62. The number of halogens is 7. The van der Waals surface area contributed by atoms with Crippen molar-refractivity contribution in [1.29, 1.82) is 0 Å². The van der Waals surface area contributed by atoms with Crippen molar-refractivity contribution >= 4 is 55.8 Å². The second-order valence-corrected chi connectivity index (χ2v) is 16.1. The van der Waals surface area contributed by atoms with Crippen LogP contribution in [-0.2, 0) is 52.0 Å². The van der Waals surface area contributed by atoms with Crippen molar-refractivity contribution in [2.75, 3.05) is 16.3 Å². The molecule has 0 unspecified atom stereocenters. The molecule has 1 fully saturated rings. The summed E-state index contributed by atoms with van der Waals surface area (Å²) in [5, 5.41) is 13.8. The van der Waals surface area contributed by atoms with Gasteiger partial charge in [0, 0.05) is 48.6 Å². The number of carbonyl (C=O) groups excluding carboxylic acids is 2. The smallest absolute Gasteiger partial charge is 0.293 e. The number of hydrogen-bond acceptors (Lipinski definition) is 7. The Morgan fingerprint density at radius 3 is 2.49 bits per heavy atom.